The molecule has 0 saturated heterocycles. The van der Waals surface area contributed by atoms with Crippen molar-refractivity contribution < 1.29 is 14.3 Å². The second-order valence-corrected chi connectivity index (χ2v) is 8.72. The van der Waals surface area contributed by atoms with Gasteiger partial charge in [0.25, 0.3) is 0 Å². The van der Waals surface area contributed by atoms with Crippen LogP contribution in [0.15, 0.2) is 97.2 Å². The minimum Gasteiger partial charge on any atom is -0.496 e. The number of ketones is 1. The number of aromatic nitrogens is 1. The third-order valence-electron chi connectivity index (χ3n) is 6.79. The van der Waals surface area contributed by atoms with Crippen LogP contribution in [0.5, 0.6) is 11.5 Å². The van der Waals surface area contributed by atoms with Crippen LogP contribution in [0, 0.1) is 0 Å². The van der Waals surface area contributed by atoms with Crippen molar-refractivity contribution in [3.8, 4) is 17.2 Å². The predicted octanol–water partition coefficient (Wildman–Crippen LogP) is 6.34. The molecule has 0 amide bonds. The molecular weight excluding hydrogens is 448 g/mol. The number of rotatable bonds is 6. The highest BCUT2D eigenvalue weighted by atomic mass is 16.5. The molecule has 6 rings (SSSR count). The zero-order chi connectivity index (χ0) is 24.6. The van der Waals surface area contributed by atoms with Crippen molar-refractivity contribution >= 4 is 34.3 Å². The largest absolute Gasteiger partial charge is 0.496 e. The molecule has 176 valence electrons. The van der Waals surface area contributed by atoms with E-state index in [9.17, 15) is 4.79 Å². The lowest BCUT2D eigenvalue weighted by molar-refractivity contribution is 0.103. The molecule has 5 nitrogen and oxygen atoms in total. The van der Waals surface area contributed by atoms with Crippen LogP contribution in [0.2, 0.25) is 0 Å². The Labute approximate surface area is 209 Å². The first-order valence-electron chi connectivity index (χ1n) is 11.9. The van der Waals surface area contributed by atoms with E-state index in [0.717, 1.165) is 45.9 Å². The summed E-state index contributed by atoms with van der Waals surface area (Å²) < 4.78 is 15.2. The molecule has 0 unspecified atom stereocenters. The summed E-state index contributed by atoms with van der Waals surface area (Å²) in [6.07, 6.45) is 4.98. The van der Waals surface area contributed by atoms with Gasteiger partial charge < -0.3 is 14.0 Å². The highest BCUT2D eigenvalue weighted by molar-refractivity contribution is 6.09. The van der Waals surface area contributed by atoms with Crippen molar-refractivity contribution in [1.82, 2.24) is 9.14 Å². The third kappa shape index (κ3) is 3.57. The second-order valence-electron chi connectivity index (χ2n) is 8.72. The van der Waals surface area contributed by atoms with Crippen LogP contribution in [-0.4, -0.2) is 30.8 Å². The van der Waals surface area contributed by atoms with E-state index >= 15 is 0 Å². The second kappa shape index (κ2) is 8.86. The molecule has 1 aliphatic heterocycles. The van der Waals surface area contributed by atoms with E-state index in [1.807, 2.05) is 85.1 Å². The fraction of sp³-hybridized carbons (Fsp3) is 0.0968. The Morgan fingerprint density at radius 2 is 1.44 bits per heavy atom. The molecule has 0 N–H and O–H groups in total. The number of fused-ring (bicyclic) bond motifs is 2. The maximum absolute atomic E-state index is 13.2. The van der Waals surface area contributed by atoms with Crippen LogP contribution in [0.3, 0.4) is 0 Å². The van der Waals surface area contributed by atoms with Crippen molar-refractivity contribution in [2.24, 2.45) is 0 Å². The normalized spacial score (nSPS) is 12.3. The van der Waals surface area contributed by atoms with Gasteiger partial charge in [0.05, 0.1) is 31.7 Å². The number of ether oxygens (including phenoxy) is 2. The van der Waals surface area contributed by atoms with Crippen LogP contribution in [0.25, 0.3) is 16.6 Å². The first-order chi connectivity index (χ1) is 17.7. The molecule has 5 aromatic rings. The smallest absolute Gasteiger partial charge is 0.218 e. The molecule has 4 aromatic carbocycles. The average Bonchev–Trinajstić information content (AvgIpc) is 3.57. The first kappa shape index (κ1) is 21.9. The molecule has 5 heteroatoms. The average molecular weight is 474 g/mol. The van der Waals surface area contributed by atoms with E-state index in [-0.39, 0.29) is 5.78 Å². The topological polar surface area (TPSA) is 43.5 Å². The van der Waals surface area contributed by atoms with Gasteiger partial charge in [-0.1, -0.05) is 12.1 Å². The molecule has 36 heavy (non-hydrogen) atoms. The molecule has 1 aromatic heterocycles. The predicted molar refractivity (Wildman–Crippen MR) is 144 cm³/mol. The molecule has 0 spiro atoms. The molecule has 0 bridgehead atoms. The Kier molecular flexibility index (Phi) is 5.38. The number of benzene rings is 4. The van der Waals surface area contributed by atoms with Crippen LogP contribution in [0.1, 0.15) is 21.5 Å². The monoisotopic (exact) mass is 473 g/mol. The summed E-state index contributed by atoms with van der Waals surface area (Å²) in [6, 6.07) is 29.6. The SMILES string of the molecule is COc1cccc2c1CC=[N+]2c1ccc(C(=O)c2ccc(-n3ccc4c(OC)cccc43)cc2)cc1. The van der Waals surface area contributed by atoms with Crippen molar-refractivity contribution in [1.29, 1.82) is 0 Å². The van der Waals surface area contributed by atoms with Gasteiger partial charge >= 0.3 is 0 Å². The highest BCUT2D eigenvalue weighted by Gasteiger charge is 2.26. The lowest BCUT2D eigenvalue weighted by Gasteiger charge is -2.08. The summed E-state index contributed by atoms with van der Waals surface area (Å²) in [5.74, 6) is 1.74. The maximum atomic E-state index is 13.2. The molecule has 0 radical (unpaired) electrons. The van der Waals surface area contributed by atoms with Gasteiger partial charge in [-0.15, -0.1) is 0 Å². The molecule has 2 heterocycles. The van der Waals surface area contributed by atoms with E-state index in [2.05, 4.69) is 27.5 Å². The number of carbonyl (C=O) groups excluding carboxylic acids is 1. The molecule has 0 aliphatic carbocycles. The summed E-state index contributed by atoms with van der Waals surface area (Å²) in [5, 5.41) is 1.05. The fourth-order valence-electron chi connectivity index (χ4n) is 4.96. The molecular formula is C31H25N2O3+. The number of hydrogen-bond acceptors (Lipinski definition) is 3. The minimum absolute atomic E-state index is 0.000366. The van der Waals surface area contributed by atoms with Crippen LogP contribution < -0.4 is 14.0 Å². The first-order valence-corrected chi connectivity index (χ1v) is 11.9. The number of carbonyl (C=O) groups is 1. The summed E-state index contributed by atoms with van der Waals surface area (Å²) in [7, 11) is 3.38. The van der Waals surface area contributed by atoms with Gasteiger partial charge in [-0.25, -0.2) is 0 Å². The zero-order valence-corrected chi connectivity index (χ0v) is 20.1. The third-order valence-corrected chi connectivity index (χ3v) is 6.79. The number of methoxy groups -OCH3 is 2. The van der Waals surface area contributed by atoms with Crippen molar-refractivity contribution in [3.63, 3.8) is 0 Å². The van der Waals surface area contributed by atoms with Gasteiger partial charge in [-0.2, -0.15) is 4.58 Å². The van der Waals surface area contributed by atoms with Crippen LogP contribution in [-0.2, 0) is 6.42 Å². The lowest BCUT2D eigenvalue weighted by atomic mass is 10.0. The Morgan fingerprint density at radius 1 is 0.778 bits per heavy atom. The Morgan fingerprint density at radius 3 is 2.17 bits per heavy atom. The summed E-state index contributed by atoms with van der Waals surface area (Å²) in [5.41, 5.74) is 6.67. The zero-order valence-electron chi connectivity index (χ0n) is 20.1. The molecule has 1 aliphatic rings. The van der Waals surface area contributed by atoms with Crippen LogP contribution >= 0.6 is 0 Å². The Balaban J connectivity index is 1.24. The van der Waals surface area contributed by atoms with Crippen molar-refractivity contribution in [2.45, 2.75) is 6.42 Å². The Bertz CT molecular complexity index is 1630. The summed E-state index contributed by atoms with van der Waals surface area (Å²) in [4.78, 5) is 13.2. The summed E-state index contributed by atoms with van der Waals surface area (Å²) in [6.45, 7) is 0. The van der Waals surface area contributed by atoms with Gasteiger partial charge in [0, 0.05) is 46.6 Å². The number of hydrogen-bond donors (Lipinski definition) is 0. The minimum atomic E-state index is -0.000366. The molecule has 0 fully saturated rings. The van der Waals surface area contributed by atoms with Gasteiger partial charge in [-0.3, -0.25) is 4.79 Å². The Hall–Kier alpha value is -4.64. The molecule has 0 saturated carbocycles. The van der Waals surface area contributed by atoms with E-state index in [4.69, 9.17) is 9.47 Å². The fourth-order valence-corrected chi connectivity index (χ4v) is 4.96. The van der Waals surface area contributed by atoms with E-state index in [1.165, 1.54) is 5.56 Å². The van der Waals surface area contributed by atoms with Crippen LogP contribution in [0.4, 0.5) is 11.4 Å². The summed E-state index contributed by atoms with van der Waals surface area (Å²) >= 11 is 0. The number of nitrogens with zero attached hydrogens (tertiary/aromatic N) is 2. The van der Waals surface area contributed by atoms with Crippen molar-refractivity contribution in [3.05, 3.63) is 114 Å². The standard InChI is InChI=1S/C31H25N2O3/c1-35-29-7-3-5-27-25(29)17-19-32(27)23-13-9-21(10-14-23)31(34)22-11-15-24(16-12-22)33-20-18-26-28(33)6-4-8-30(26)36-2/h3-17,19-20H,18H2,1-2H3/q+1. The molecule has 0 atom stereocenters. The van der Waals surface area contributed by atoms with Gasteiger partial charge in [0.15, 0.2) is 12.0 Å². The quantitative estimate of drug-likeness (QED) is 0.213. The van der Waals surface area contributed by atoms with E-state index in [0.29, 0.717) is 11.1 Å². The van der Waals surface area contributed by atoms with Crippen molar-refractivity contribution in [2.75, 3.05) is 14.2 Å². The lowest BCUT2D eigenvalue weighted by Crippen LogP contribution is -2.04. The van der Waals surface area contributed by atoms with Gasteiger partial charge in [-0.05, 0) is 60.7 Å². The van der Waals surface area contributed by atoms with E-state index in [1.54, 1.807) is 14.2 Å². The highest BCUT2D eigenvalue weighted by Crippen LogP contribution is 2.34. The van der Waals surface area contributed by atoms with Gasteiger partial charge in [0.2, 0.25) is 11.4 Å². The van der Waals surface area contributed by atoms with Gasteiger partial charge in [0.1, 0.15) is 11.5 Å². The maximum Gasteiger partial charge on any atom is 0.218 e. The van der Waals surface area contributed by atoms with E-state index < -0.39 is 0 Å².